The van der Waals surface area contributed by atoms with E-state index in [1.807, 2.05) is 6.92 Å². The van der Waals surface area contributed by atoms with Gasteiger partial charge in [-0.05, 0) is 13.3 Å². The fraction of sp³-hybridized carbons (Fsp3) is 0.692. The summed E-state index contributed by atoms with van der Waals surface area (Å²) in [7, 11) is 3.11. The SMILES string of the molecule is COC(=O)c1nc(NC2CC(OC)C2(C)C)sc1C. The van der Waals surface area contributed by atoms with Gasteiger partial charge in [-0.2, -0.15) is 0 Å². The maximum atomic E-state index is 11.5. The average molecular weight is 284 g/mol. The Hall–Kier alpha value is -1.14. The van der Waals surface area contributed by atoms with Crippen molar-refractivity contribution in [2.75, 3.05) is 19.5 Å². The van der Waals surface area contributed by atoms with Gasteiger partial charge in [0.15, 0.2) is 10.8 Å². The van der Waals surface area contributed by atoms with Crippen molar-refractivity contribution in [2.24, 2.45) is 5.41 Å². The Morgan fingerprint density at radius 3 is 2.68 bits per heavy atom. The number of thiazole rings is 1. The average Bonchev–Trinajstić information content (AvgIpc) is 2.74. The van der Waals surface area contributed by atoms with E-state index in [0.29, 0.717) is 11.7 Å². The molecule has 0 aliphatic heterocycles. The molecule has 1 fully saturated rings. The molecule has 0 radical (unpaired) electrons. The third-order valence-corrected chi connectivity index (χ3v) is 4.84. The predicted octanol–water partition coefficient (Wildman–Crippen LogP) is 2.46. The molecule has 19 heavy (non-hydrogen) atoms. The van der Waals surface area contributed by atoms with Crippen LogP contribution in [0.4, 0.5) is 5.13 Å². The highest BCUT2D eigenvalue weighted by atomic mass is 32.1. The number of aromatic nitrogens is 1. The Morgan fingerprint density at radius 1 is 1.47 bits per heavy atom. The molecule has 5 nitrogen and oxygen atoms in total. The number of ether oxygens (including phenoxy) is 2. The fourth-order valence-corrected chi connectivity index (χ4v) is 3.28. The summed E-state index contributed by atoms with van der Waals surface area (Å²) in [6.45, 7) is 6.22. The molecule has 1 saturated carbocycles. The number of hydrogen-bond acceptors (Lipinski definition) is 6. The van der Waals surface area contributed by atoms with Gasteiger partial charge in [0.1, 0.15) is 0 Å². The number of carbonyl (C=O) groups is 1. The second-order valence-electron chi connectivity index (χ2n) is 5.39. The topological polar surface area (TPSA) is 60.5 Å². The van der Waals surface area contributed by atoms with Crippen LogP contribution in [0.5, 0.6) is 0 Å². The van der Waals surface area contributed by atoms with Gasteiger partial charge in [0, 0.05) is 23.4 Å². The van der Waals surface area contributed by atoms with Gasteiger partial charge in [-0.1, -0.05) is 13.8 Å². The number of esters is 1. The predicted molar refractivity (Wildman–Crippen MR) is 74.8 cm³/mol. The minimum absolute atomic E-state index is 0.0692. The molecule has 1 aliphatic rings. The van der Waals surface area contributed by atoms with Gasteiger partial charge >= 0.3 is 5.97 Å². The van der Waals surface area contributed by atoms with Crippen LogP contribution in [0.3, 0.4) is 0 Å². The van der Waals surface area contributed by atoms with Gasteiger partial charge in [-0.3, -0.25) is 0 Å². The number of anilines is 1. The molecule has 0 spiro atoms. The van der Waals surface area contributed by atoms with E-state index in [9.17, 15) is 4.79 Å². The van der Waals surface area contributed by atoms with E-state index in [1.165, 1.54) is 18.4 Å². The maximum Gasteiger partial charge on any atom is 0.357 e. The summed E-state index contributed by atoms with van der Waals surface area (Å²) in [5.41, 5.74) is 0.468. The van der Waals surface area contributed by atoms with Crippen molar-refractivity contribution in [3.8, 4) is 0 Å². The first-order valence-electron chi connectivity index (χ1n) is 6.25. The summed E-state index contributed by atoms with van der Waals surface area (Å²) in [6, 6.07) is 0.313. The molecule has 1 heterocycles. The van der Waals surface area contributed by atoms with E-state index in [-0.39, 0.29) is 17.5 Å². The molecule has 106 valence electrons. The lowest BCUT2D eigenvalue weighted by Crippen LogP contribution is -2.57. The van der Waals surface area contributed by atoms with E-state index in [2.05, 4.69) is 24.1 Å². The van der Waals surface area contributed by atoms with E-state index in [0.717, 1.165) is 16.4 Å². The summed E-state index contributed by atoms with van der Waals surface area (Å²) in [6.07, 6.45) is 1.22. The number of carbonyl (C=O) groups excluding carboxylic acids is 1. The molecule has 2 rings (SSSR count). The van der Waals surface area contributed by atoms with E-state index in [4.69, 9.17) is 9.47 Å². The van der Waals surface area contributed by atoms with Crippen molar-refractivity contribution in [1.29, 1.82) is 0 Å². The van der Waals surface area contributed by atoms with Crippen molar-refractivity contribution in [3.05, 3.63) is 10.6 Å². The molecule has 0 bridgehead atoms. The quantitative estimate of drug-likeness (QED) is 0.861. The highest BCUT2D eigenvalue weighted by Crippen LogP contribution is 2.44. The summed E-state index contributed by atoms with van der Waals surface area (Å²) < 4.78 is 10.1. The number of hydrogen-bond donors (Lipinski definition) is 1. The zero-order chi connectivity index (χ0) is 14.2. The summed E-state index contributed by atoms with van der Waals surface area (Å²) in [4.78, 5) is 16.7. The molecule has 0 aromatic carbocycles. The minimum atomic E-state index is -0.385. The summed E-state index contributed by atoms with van der Waals surface area (Å²) in [5.74, 6) is -0.385. The van der Waals surface area contributed by atoms with Crippen LogP contribution in [0.2, 0.25) is 0 Å². The number of methoxy groups -OCH3 is 2. The van der Waals surface area contributed by atoms with Gasteiger partial charge in [-0.25, -0.2) is 9.78 Å². The number of rotatable bonds is 4. The van der Waals surface area contributed by atoms with E-state index >= 15 is 0 Å². The van der Waals surface area contributed by atoms with Crippen molar-refractivity contribution < 1.29 is 14.3 Å². The second-order valence-corrected chi connectivity index (χ2v) is 6.60. The van der Waals surface area contributed by atoms with Crippen molar-refractivity contribution >= 4 is 22.4 Å². The normalized spacial score (nSPS) is 24.7. The third kappa shape index (κ3) is 2.47. The van der Waals surface area contributed by atoms with Crippen molar-refractivity contribution in [3.63, 3.8) is 0 Å². The van der Waals surface area contributed by atoms with Crippen molar-refractivity contribution in [1.82, 2.24) is 4.98 Å². The largest absolute Gasteiger partial charge is 0.464 e. The first-order chi connectivity index (χ1) is 8.90. The lowest BCUT2D eigenvalue weighted by Gasteiger charge is -2.51. The molecule has 2 atom stereocenters. The molecule has 0 saturated heterocycles. The zero-order valence-corrected chi connectivity index (χ0v) is 12.8. The second kappa shape index (κ2) is 5.09. The molecule has 1 aromatic rings. The number of nitrogens with zero attached hydrogens (tertiary/aromatic N) is 1. The Bertz CT molecular complexity index is 484. The van der Waals surface area contributed by atoms with Crippen LogP contribution >= 0.6 is 11.3 Å². The van der Waals surface area contributed by atoms with Crippen LogP contribution in [0, 0.1) is 12.3 Å². The van der Waals surface area contributed by atoms with Gasteiger partial charge in [0.05, 0.1) is 13.2 Å². The summed E-state index contributed by atoms with van der Waals surface area (Å²) >= 11 is 1.48. The van der Waals surface area contributed by atoms with E-state index < -0.39 is 0 Å². The Kier molecular flexibility index (Phi) is 3.82. The molecule has 6 heteroatoms. The standard InChI is InChI=1S/C13H20N2O3S/c1-7-10(11(16)18-5)15-12(19-7)14-8-6-9(17-4)13(8,2)3/h8-9H,6H2,1-5H3,(H,14,15). The first-order valence-corrected chi connectivity index (χ1v) is 7.06. The summed E-state index contributed by atoms with van der Waals surface area (Å²) in [5, 5.41) is 4.16. The van der Waals surface area contributed by atoms with Crippen molar-refractivity contribution in [2.45, 2.75) is 39.3 Å². The fourth-order valence-electron chi connectivity index (χ4n) is 2.42. The first kappa shape index (κ1) is 14.3. The zero-order valence-electron chi connectivity index (χ0n) is 11.9. The number of nitrogens with one attached hydrogen (secondary N) is 1. The van der Waals surface area contributed by atoms with Gasteiger partial charge < -0.3 is 14.8 Å². The van der Waals surface area contributed by atoms with Crippen LogP contribution in [0.25, 0.3) is 0 Å². The van der Waals surface area contributed by atoms with Crippen LogP contribution in [-0.2, 0) is 9.47 Å². The molecule has 0 amide bonds. The van der Waals surface area contributed by atoms with Crippen LogP contribution in [-0.4, -0.2) is 37.3 Å². The molecular weight excluding hydrogens is 264 g/mol. The third-order valence-electron chi connectivity index (χ3n) is 3.94. The van der Waals surface area contributed by atoms with Gasteiger partial charge in [-0.15, -0.1) is 11.3 Å². The van der Waals surface area contributed by atoms with Gasteiger partial charge in [0.25, 0.3) is 0 Å². The lowest BCUT2D eigenvalue weighted by atomic mass is 9.64. The minimum Gasteiger partial charge on any atom is -0.464 e. The molecule has 1 N–H and O–H groups in total. The Morgan fingerprint density at radius 2 is 2.16 bits per heavy atom. The Balaban J connectivity index is 2.07. The molecule has 1 aromatic heterocycles. The number of aryl methyl sites for hydroxylation is 1. The molecule has 2 unspecified atom stereocenters. The highest BCUT2D eigenvalue weighted by Gasteiger charge is 2.48. The van der Waals surface area contributed by atoms with Crippen LogP contribution in [0.1, 0.15) is 35.6 Å². The molecule has 1 aliphatic carbocycles. The highest BCUT2D eigenvalue weighted by molar-refractivity contribution is 7.15. The van der Waals surface area contributed by atoms with Crippen LogP contribution in [0.15, 0.2) is 0 Å². The smallest absolute Gasteiger partial charge is 0.357 e. The van der Waals surface area contributed by atoms with Crippen LogP contribution < -0.4 is 5.32 Å². The monoisotopic (exact) mass is 284 g/mol. The van der Waals surface area contributed by atoms with E-state index in [1.54, 1.807) is 7.11 Å². The maximum absolute atomic E-state index is 11.5. The Labute approximate surface area is 117 Å². The molecular formula is C13H20N2O3S. The lowest BCUT2D eigenvalue weighted by molar-refractivity contribution is -0.0794. The van der Waals surface area contributed by atoms with Gasteiger partial charge in [0.2, 0.25) is 0 Å².